The van der Waals surface area contributed by atoms with Crippen molar-refractivity contribution in [3.8, 4) is 0 Å². The molecule has 1 aliphatic carbocycles. The summed E-state index contributed by atoms with van der Waals surface area (Å²) >= 11 is 0.599. The molecule has 42 heavy (non-hydrogen) atoms. The van der Waals surface area contributed by atoms with Crippen LogP contribution in [0.4, 0.5) is 21.3 Å². The van der Waals surface area contributed by atoms with Crippen LogP contribution in [0.5, 0.6) is 0 Å². The van der Waals surface area contributed by atoms with Gasteiger partial charge in [-0.1, -0.05) is 29.3 Å². The molecule has 2 amide bonds. The van der Waals surface area contributed by atoms with Gasteiger partial charge in [0.2, 0.25) is 10.0 Å². The number of hydrogen-bond acceptors (Lipinski definition) is 13. The van der Waals surface area contributed by atoms with Crippen molar-refractivity contribution in [3.05, 3.63) is 29.5 Å². The number of aromatic amines is 1. The molecule has 0 unspecified atom stereocenters. The first-order chi connectivity index (χ1) is 20.0. The number of morpholine rings is 1. The molecule has 16 nitrogen and oxygen atoms in total. The molecule has 1 aromatic carbocycles. The number of nitrogens with one attached hydrogen (secondary N) is 4. The minimum absolute atomic E-state index is 0.0460. The maximum atomic E-state index is 13.5. The number of nitrogens with zero attached hydrogens (tertiary/aromatic N) is 5. The van der Waals surface area contributed by atoms with Crippen molar-refractivity contribution in [2.75, 3.05) is 48.1 Å². The Bertz CT molecular complexity index is 1660. The third-order valence-electron chi connectivity index (χ3n) is 6.83. The van der Waals surface area contributed by atoms with Gasteiger partial charge in [-0.25, -0.2) is 36.4 Å². The topological polar surface area (TPSA) is 218 Å². The van der Waals surface area contributed by atoms with Gasteiger partial charge in [-0.2, -0.15) is 0 Å². The van der Waals surface area contributed by atoms with Crippen LogP contribution in [0, 0.1) is 5.92 Å². The highest BCUT2D eigenvalue weighted by atomic mass is 32.2. The molecule has 2 aromatic heterocycles. The predicted octanol–water partition coefficient (Wildman–Crippen LogP) is 1.39. The Morgan fingerprint density at radius 1 is 1.12 bits per heavy atom. The summed E-state index contributed by atoms with van der Waals surface area (Å²) in [7, 11) is -8.01. The molecule has 0 radical (unpaired) electrons. The van der Waals surface area contributed by atoms with Gasteiger partial charge in [0.1, 0.15) is 0 Å². The Labute approximate surface area is 245 Å². The number of ether oxygens (including phenoxy) is 1. The zero-order chi connectivity index (χ0) is 29.9. The third kappa shape index (κ3) is 6.92. The minimum Gasteiger partial charge on any atom is -0.378 e. The van der Waals surface area contributed by atoms with Gasteiger partial charge in [-0.3, -0.25) is 10.1 Å². The molecule has 1 saturated carbocycles. The molecule has 4 N–H and O–H groups in total. The van der Waals surface area contributed by atoms with E-state index in [1.165, 1.54) is 0 Å². The Morgan fingerprint density at radius 3 is 2.52 bits per heavy atom. The lowest BCUT2D eigenvalue weighted by Crippen LogP contribution is -2.36. The number of carbonyl (C=O) groups is 2. The summed E-state index contributed by atoms with van der Waals surface area (Å²) in [5, 5.41) is 16.6. The second kappa shape index (κ2) is 12.4. The summed E-state index contributed by atoms with van der Waals surface area (Å²) in [6, 6.07) is 4.51. The third-order valence-corrected chi connectivity index (χ3v) is 10.6. The molecule has 1 aliphatic heterocycles. The van der Waals surface area contributed by atoms with Crippen molar-refractivity contribution < 1.29 is 31.2 Å². The second-order valence-corrected chi connectivity index (χ2v) is 14.7. The van der Waals surface area contributed by atoms with Gasteiger partial charge in [0, 0.05) is 30.3 Å². The largest absolute Gasteiger partial charge is 0.378 e. The summed E-state index contributed by atoms with van der Waals surface area (Å²) in [5.41, 5.74) is 1.38. The fourth-order valence-corrected chi connectivity index (χ4v) is 7.72. The van der Waals surface area contributed by atoms with Crippen LogP contribution in [0.15, 0.2) is 27.6 Å². The molecule has 0 spiro atoms. The van der Waals surface area contributed by atoms with E-state index in [0.717, 1.165) is 37.6 Å². The predicted molar refractivity (Wildman–Crippen MR) is 152 cm³/mol. The molecule has 1 saturated heterocycles. The zero-order valence-electron chi connectivity index (χ0n) is 22.5. The molecule has 0 atom stereocenters. The SMILES string of the molecule is CS(=O)(=O)NCc1nc(NC(=O)Nc2ccc(N3CCOCC3)cc2C(=O)C2CCCC2)sc1S(=O)(=O)c1nnn[nH]1. The average Bonchev–Trinajstić information content (AvgIpc) is 3.75. The number of hydrogen-bond donors (Lipinski definition) is 4. The van der Waals surface area contributed by atoms with Crippen molar-refractivity contribution in [1.82, 2.24) is 30.3 Å². The maximum absolute atomic E-state index is 13.5. The van der Waals surface area contributed by atoms with Gasteiger partial charge in [-0.15, -0.1) is 0 Å². The lowest BCUT2D eigenvalue weighted by Gasteiger charge is -2.29. The first kappa shape index (κ1) is 30.0. The molecule has 226 valence electrons. The van der Waals surface area contributed by atoms with Gasteiger partial charge >= 0.3 is 6.03 Å². The standard InChI is InChI=1S/C23H29N9O7S3/c1-41(35,36)24-13-18-20(42(37,38)23-28-30-31-29-23)40-22(26-18)27-21(34)25-17-7-6-15(32-8-10-39-11-9-32)12-16(17)19(33)14-4-2-3-5-14/h6-7,12,14,24H,2-5,8-11,13H2,1H3,(H2,25,26,27,34)(H,28,29,30,31). The van der Waals surface area contributed by atoms with Gasteiger partial charge < -0.3 is 15.0 Å². The molecule has 19 heteroatoms. The highest BCUT2D eigenvalue weighted by molar-refractivity contribution is 7.93. The lowest BCUT2D eigenvalue weighted by atomic mass is 9.94. The van der Waals surface area contributed by atoms with Crippen LogP contribution in [0.3, 0.4) is 0 Å². The number of sulfonamides is 1. The number of tetrazole rings is 1. The molecular weight excluding hydrogens is 611 g/mol. The Balaban J connectivity index is 1.40. The molecule has 2 fully saturated rings. The Morgan fingerprint density at radius 2 is 1.86 bits per heavy atom. The second-order valence-electron chi connectivity index (χ2n) is 9.81. The quantitative estimate of drug-likeness (QED) is 0.231. The molecule has 2 aliphatic rings. The van der Waals surface area contributed by atoms with E-state index in [1.807, 2.05) is 6.07 Å². The number of ketones is 1. The summed E-state index contributed by atoms with van der Waals surface area (Å²) in [5.74, 6) is -0.175. The van der Waals surface area contributed by atoms with Crippen LogP contribution in [0.1, 0.15) is 41.7 Å². The monoisotopic (exact) mass is 639 g/mol. The molecule has 3 aromatic rings. The van der Waals surface area contributed by atoms with Crippen molar-refractivity contribution >= 4 is 59.5 Å². The van der Waals surface area contributed by atoms with Crippen LogP contribution in [0.25, 0.3) is 0 Å². The fraction of sp³-hybridized carbons (Fsp3) is 0.478. The van der Waals surface area contributed by atoms with E-state index in [2.05, 4.69) is 45.9 Å². The summed E-state index contributed by atoms with van der Waals surface area (Å²) in [6.45, 7) is 2.06. The zero-order valence-corrected chi connectivity index (χ0v) is 24.9. The van der Waals surface area contributed by atoms with E-state index in [1.54, 1.807) is 12.1 Å². The number of H-pyrrole nitrogens is 1. The van der Waals surface area contributed by atoms with E-state index in [4.69, 9.17) is 4.74 Å². The van der Waals surface area contributed by atoms with Gasteiger partial charge in [-0.05, 0) is 41.5 Å². The van der Waals surface area contributed by atoms with Crippen molar-refractivity contribution in [1.29, 1.82) is 0 Å². The van der Waals surface area contributed by atoms with E-state index in [0.29, 0.717) is 48.9 Å². The number of aromatic nitrogens is 5. The lowest BCUT2D eigenvalue weighted by molar-refractivity contribution is 0.0923. The Kier molecular flexibility index (Phi) is 8.83. The van der Waals surface area contributed by atoms with Crippen LogP contribution >= 0.6 is 11.3 Å². The number of urea groups is 1. The summed E-state index contributed by atoms with van der Waals surface area (Å²) in [6.07, 6.45) is 4.42. The van der Waals surface area contributed by atoms with E-state index < -0.39 is 37.6 Å². The van der Waals surface area contributed by atoms with Gasteiger partial charge in [0.05, 0.1) is 37.4 Å². The first-order valence-electron chi connectivity index (χ1n) is 13.0. The first-order valence-corrected chi connectivity index (χ1v) is 17.2. The number of benzene rings is 1. The highest BCUT2D eigenvalue weighted by Crippen LogP contribution is 2.34. The highest BCUT2D eigenvalue weighted by Gasteiger charge is 2.31. The van der Waals surface area contributed by atoms with Crippen LogP contribution in [-0.4, -0.2) is 86.8 Å². The van der Waals surface area contributed by atoms with E-state index in [-0.39, 0.29) is 26.7 Å². The van der Waals surface area contributed by atoms with E-state index in [9.17, 15) is 26.4 Å². The number of amides is 2. The molecule has 0 bridgehead atoms. The fourth-order valence-electron chi connectivity index (χ4n) is 4.79. The van der Waals surface area contributed by atoms with Gasteiger partial charge in [0.25, 0.3) is 15.0 Å². The molecule has 3 heterocycles. The Hall–Kier alpha value is -3.52. The van der Waals surface area contributed by atoms with Crippen molar-refractivity contribution in [2.45, 2.75) is 41.6 Å². The average molecular weight is 640 g/mol. The smallest absolute Gasteiger partial charge is 0.325 e. The number of thiazole rings is 1. The van der Waals surface area contributed by atoms with Crippen LogP contribution in [0.2, 0.25) is 0 Å². The molecular formula is C23H29N9O7S3. The minimum atomic E-state index is -4.31. The number of anilines is 3. The van der Waals surface area contributed by atoms with Crippen LogP contribution < -0.4 is 20.3 Å². The van der Waals surface area contributed by atoms with E-state index >= 15 is 0 Å². The number of sulfone groups is 1. The summed E-state index contributed by atoms with van der Waals surface area (Å²) in [4.78, 5) is 32.8. The molecule has 5 rings (SSSR count). The van der Waals surface area contributed by atoms with Crippen molar-refractivity contribution in [2.24, 2.45) is 5.92 Å². The summed E-state index contributed by atoms with van der Waals surface area (Å²) < 4.78 is 56.7. The van der Waals surface area contributed by atoms with Crippen molar-refractivity contribution in [3.63, 3.8) is 0 Å². The number of rotatable bonds is 10. The van der Waals surface area contributed by atoms with Crippen LogP contribution in [-0.2, 0) is 31.1 Å². The maximum Gasteiger partial charge on any atom is 0.325 e. The number of Topliss-reactive ketones (excluding diaryl/α,β-unsaturated/α-hetero) is 1. The number of carbonyl (C=O) groups excluding carboxylic acids is 2. The van der Waals surface area contributed by atoms with Gasteiger partial charge in [0.15, 0.2) is 15.1 Å². The normalized spacial score (nSPS) is 16.5.